The molecule has 1 aliphatic rings. The third-order valence-corrected chi connectivity index (χ3v) is 6.78. The number of nitrogens with zero attached hydrogens (tertiary/aromatic N) is 6. The maximum atomic E-state index is 13.8. The zero-order chi connectivity index (χ0) is 30.9. The van der Waals surface area contributed by atoms with E-state index in [1.165, 1.54) is 35.2 Å². The molecule has 0 saturated heterocycles. The summed E-state index contributed by atoms with van der Waals surface area (Å²) in [5, 5.41) is 29.6. The second-order valence-corrected chi connectivity index (χ2v) is 9.60. The molecule has 0 fully saturated rings. The van der Waals surface area contributed by atoms with Crippen LogP contribution in [-0.2, 0) is 9.53 Å². The van der Waals surface area contributed by atoms with Crippen molar-refractivity contribution < 1.29 is 19.2 Å². The fourth-order valence-electron chi connectivity index (χ4n) is 4.38. The Hall–Kier alpha value is -5.52. The number of nitriles is 2. The standard InChI is InChI=1S/C31H25ClN6O5/c1-2-43-31(40)22-7-11-24(12-8-22)37-29(26-20-25(38(41)42)13-14-27(26)32)35-28(30(37)39)19-21-5-9-23(10-6-21)36(17-3-15-33)18-4-16-34/h5-14,19-20H,2-4,17-18H2,1H3/b28-19+. The highest BCUT2D eigenvalue weighted by Crippen LogP contribution is 2.32. The van der Waals surface area contributed by atoms with Crippen molar-refractivity contribution >= 4 is 52.5 Å². The van der Waals surface area contributed by atoms with Crippen molar-refractivity contribution in [2.24, 2.45) is 4.99 Å². The van der Waals surface area contributed by atoms with Gasteiger partial charge in [-0.05, 0) is 61.0 Å². The average Bonchev–Trinajstić information content (AvgIpc) is 3.33. The van der Waals surface area contributed by atoms with E-state index in [9.17, 15) is 19.7 Å². The number of anilines is 2. The van der Waals surface area contributed by atoms with Crippen LogP contribution in [0.15, 0.2) is 77.4 Å². The molecular formula is C31H25ClN6O5. The Morgan fingerprint density at radius 2 is 1.72 bits per heavy atom. The smallest absolute Gasteiger partial charge is 0.338 e. The normalized spacial score (nSPS) is 13.3. The topological polar surface area (TPSA) is 153 Å². The first-order valence-electron chi connectivity index (χ1n) is 13.2. The van der Waals surface area contributed by atoms with Gasteiger partial charge in [-0.15, -0.1) is 0 Å². The van der Waals surface area contributed by atoms with Crippen LogP contribution in [-0.4, -0.2) is 42.3 Å². The van der Waals surface area contributed by atoms with Crippen LogP contribution in [0.5, 0.6) is 0 Å². The summed E-state index contributed by atoms with van der Waals surface area (Å²) < 4.78 is 5.04. The van der Waals surface area contributed by atoms with Gasteiger partial charge in [0.1, 0.15) is 11.5 Å². The fourth-order valence-corrected chi connectivity index (χ4v) is 4.58. The second kappa shape index (κ2) is 13.9. The van der Waals surface area contributed by atoms with Crippen molar-refractivity contribution in [2.45, 2.75) is 19.8 Å². The molecule has 0 atom stereocenters. The number of ether oxygens (including phenoxy) is 1. The molecule has 4 rings (SSSR count). The van der Waals surface area contributed by atoms with Gasteiger partial charge in [0.2, 0.25) is 0 Å². The highest BCUT2D eigenvalue weighted by molar-refractivity contribution is 6.39. The van der Waals surface area contributed by atoms with Gasteiger partial charge in [-0.2, -0.15) is 10.5 Å². The number of hydrogen-bond donors (Lipinski definition) is 0. The molecule has 0 aliphatic carbocycles. The summed E-state index contributed by atoms with van der Waals surface area (Å²) in [6.45, 7) is 2.85. The molecule has 1 amide bonds. The first-order chi connectivity index (χ1) is 20.8. The average molecular weight is 597 g/mol. The molecule has 0 N–H and O–H groups in total. The highest BCUT2D eigenvalue weighted by atomic mass is 35.5. The van der Waals surface area contributed by atoms with Gasteiger partial charge in [0.15, 0.2) is 0 Å². The first-order valence-corrected chi connectivity index (χ1v) is 13.6. The summed E-state index contributed by atoms with van der Waals surface area (Å²) in [6.07, 6.45) is 2.19. The lowest BCUT2D eigenvalue weighted by atomic mass is 10.1. The van der Waals surface area contributed by atoms with Crippen LogP contribution in [0.4, 0.5) is 17.1 Å². The lowest BCUT2D eigenvalue weighted by molar-refractivity contribution is -0.384. The van der Waals surface area contributed by atoms with Crippen LogP contribution >= 0.6 is 11.6 Å². The van der Waals surface area contributed by atoms with Crippen molar-refractivity contribution in [3.8, 4) is 12.1 Å². The summed E-state index contributed by atoms with van der Waals surface area (Å²) in [4.78, 5) is 44.6. The van der Waals surface area contributed by atoms with Gasteiger partial charge >= 0.3 is 5.97 Å². The molecular weight excluding hydrogens is 572 g/mol. The molecule has 3 aromatic rings. The minimum atomic E-state index is -0.565. The largest absolute Gasteiger partial charge is 0.462 e. The number of hydrogen-bond acceptors (Lipinski definition) is 9. The Bertz CT molecular complexity index is 1670. The Balaban J connectivity index is 1.74. The van der Waals surface area contributed by atoms with Crippen LogP contribution in [0.1, 0.15) is 41.3 Å². The molecule has 11 nitrogen and oxygen atoms in total. The molecule has 3 aromatic carbocycles. The molecule has 0 radical (unpaired) electrons. The number of nitro benzene ring substituents is 1. The van der Waals surface area contributed by atoms with Crippen molar-refractivity contribution in [3.63, 3.8) is 0 Å². The fraction of sp³-hybridized carbons (Fsp3) is 0.194. The number of carbonyl (C=O) groups is 2. The van der Waals surface area contributed by atoms with Crippen LogP contribution in [0.25, 0.3) is 6.08 Å². The zero-order valence-electron chi connectivity index (χ0n) is 23.1. The van der Waals surface area contributed by atoms with E-state index in [1.54, 1.807) is 37.3 Å². The molecule has 1 aliphatic heterocycles. The van der Waals surface area contributed by atoms with Gasteiger partial charge in [-0.25, -0.2) is 9.79 Å². The second-order valence-electron chi connectivity index (χ2n) is 9.19. The lowest BCUT2D eigenvalue weighted by Crippen LogP contribution is -2.33. The number of aliphatic imine (C=N–C) groups is 1. The first kappa shape index (κ1) is 30.4. The van der Waals surface area contributed by atoms with Crippen LogP contribution in [0.2, 0.25) is 5.02 Å². The Morgan fingerprint density at radius 3 is 2.30 bits per heavy atom. The molecule has 0 aromatic heterocycles. The Kier molecular flexibility index (Phi) is 9.84. The summed E-state index contributed by atoms with van der Waals surface area (Å²) in [5.41, 5.74) is 2.15. The van der Waals surface area contributed by atoms with E-state index in [0.29, 0.717) is 42.7 Å². The van der Waals surface area contributed by atoms with Crippen molar-refractivity contribution in [2.75, 3.05) is 29.5 Å². The Labute approximate surface area is 252 Å². The number of non-ortho nitro benzene ring substituents is 1. The van der Waals surface area contributed by atoms with Crippen molar-refractivity contribution in [1.82, 2.24) is 0 Å². The number of carbonyl (C=O) groups excluding carboxylic acids is 2. The molecule has 0 bridgehead atoms. The van der Waals surface area contributed by atoms with Gasteiger partial charge in [-0.3, -0.25) is 19.8 Å². The molecule has 43 heavy (non-hydrogen) atoms. The number of halogens is 1. The van der Waals surface area contributed by atoms with Gasteiger partial charge in [0.25, 0.3) is 11.6 Å². The van der Waals surface area contributed by atoms with E-state index in [2.05, 4.69) is 17.1 Å². The number of nitro groups is 1. The van der Waals surface area contributed by atoms with Crippen LogP contribution < -0.4 is 9.80 Å². The predicted octanol–water partition coefficient (Wildman–Crippen LogP) is 5.89. The maximum absolute atomic E-state index is 13.8. The van der Waals surface area contributed by atoms with Gasteiger partial charge in [0, 0.05) is 36.5 Å². The van der Waals surface area contributed by atoms with Crippen LogP contribution in [0.3, 0.4) is 0 Å². The maximum Gasteiger partial charge on any atom is 0.338 e. The van der Waals surface area contributed by atoms with Crippen molar-refractivity contribution in [1.29, 1.82) is 10.5 Å². The number of amides is 1. The van der Waals surface area contributed by atoms with E-state index in [-0.39, 0.29) is 34.4 Å². The Morgan fingerprint density at radius 1 is 1.07 bits per heavy atom. The third kappa shape index (κ3) is 7.04. The summed E-state index contributed by atoms with van der Waals surface area (Å²) in [5.74, 6) is -0.930. The molecule has 0 unspecified atom stereocenters. The van der Waals surface area contributed by atoms with E-state index in [0.717, 1.165) is 5.69 Å². The van der Waals surface area contributed by atoms with E-state index in [4.69, 9.17) is 26.9 Å². The number of benzene rings is 3. The third-order valence-electron chi connectivity index (χ3n) is 6.45. The quantitative estimate of drug-likeness (QED) is 0.115. The number of rotatable bonds is 11. The molecule has 0 saturated carbocycles. The lowest BCUT2D eigenvalue weighted by Gasteiger charge is -2.22. The number of esters is 1. The summed E-state index contributed by atoms with van der Waals surface area (Å²) in [7, 11) is 0. The minimum absolute atomic E-state index is 0.0607. The van der Waals surface area contributed by atoms with Crippen molar-refractivity contribution in [3.05, 3.63) is 104 Å². The molecule has 0 spiro atoms. The molecule has 1 heterocycles. The monoisotopic (exact) mass is 596 g/mol. The SMILES string of the molecule is CCOC(=O)c1ccc(N2C(=O)/C(=C\c3ccc(N(CCC#N)CCC#N)cc3)N=C2c2cc([N+](=O)[O-])ccc2Cl)cc1. The minimum Gasteiger partial charge on any atom is -0.462 e. The van der Waals surface area contributed by atoms with Gasteiger partial charge in [-0.1, -0.05) is 23.7 Å². The van der Waals surface area contributed by atoms with E-state index >= 15 is 0 Å². The van der Waals surface area contributed by atoms with E-state index in [1.807, 2.05) is 17.0 Å². The van der Waals surface area contributed by atoms with Gasteiger partial charge < -0.3 is 9.64 Å². The van der Waals surface area contributed by atoms with E-state index < -0.39 is 16.8 Å². The number of amidine groups is 1. The van der Waals surface area contributed by atoms with Gasteiger partial charge in [0.05, 0.1) is 52.8 Å². The zero-order valence-corrected chi connectivity index (χ0v) is 23.8. The molecule has 12 heteroatoms. The van der Waals surface area contributed by atoms with Crippen LogP contribution in [0, 0.1) is 32.8 Å². The summed E-state index contributed by atoms with van der Waals surface area (Å²) in [6, 6.07) is 21.5. The summed E-state index contributed by atoms with van der Waals surface area (Å²) >= 11 is 6.44. The molecule has 216 valence electrons. The predicted molar refractivity (Wildman–Crippen MR) is 162 cm³/mol. The highest BCUT2D eigenvalue weighted by Gasteiger charge is 2.34.